The molecule has 1 nitrogen and oxygen atoms in total. The Labute approximate surface area is 99.8 Å². The van der Waals surface area contributed by atoms with Crippen LogP contribution in [0.4, 0.5) is 8.78 Å². The van der Waals surface area contributed by atoms with E-state index < -0.39 is 11.6 Å². The van der Waals surface area contributed by atoms with Crippen molar-refractivity contribution in [2.24, 2.45) is 0 Å². The maximum absolute atomic E-state index is 12.8. The van der Waals surface area contributed by atoms with Gasteiger partial charge in [-0.1, -0.05) is 6.42 Å². The highest BCUT2D eigenvalue weighted by Crippen LogP contribution is 2.07. The summed E-state index contributed by atoms with van der Waals surface area (Å²) in [6, 6.07) is 3.56. The summed E-state index contributed by atoms with van der Waals surface area (Å²) >= 11 is 5.54. The van der Waals surface area contributed by atoms with Gasteiger partial charge in [0, 0.05) is 18.5 Å². The monoisotopic (exact) mass is 247 g/mol. The van der Waals surface area contributed by atoms with E-state index in [9.17, 15) is 8.78 Å². The summed E-state index contributed by atoms with van der Waals surface area (Å²) < 4.78 is 25.6. The predicted molar refractivity (Wildman–Crippen MR) is 62.6 cm³/mol. The summed E-state index contributed by atoms with van der Waals surface area (Å²) in [7, 11) is 0. The highest BCUT2D eigenvalue weighted by molar-refractivity contribution is 6.17. The van der Waals surface area contributed by atoms with E-state index in [1.165, 1.54) is 12.1 Å². The van der Waals surface area contributed by atoms with Crippen LogP contribution >= 0.6 is 11.6 Å². The predicted octanol–water partition coefficient (Wildman–Crippen LogP) is 3.46. The van der Waals surface area contributed by atoms with E-state index in [1.807, 2.05) is 0 Å². The van der Waals surface area contributed by atoms with Crippen molar-refractivity contribution >= 4 is 11.6 Å². The van der Waals surface area contributed by atoms with Gasteiger partial charge in [-0.2, -0.15) is 0 Å². The molecular weight excluding hydrogens is 232 g/mol. The topological polar surface area (TPSA) is 12.0 Å². The Balaban J connectivity index is 2.21. The summed E-state index contributed by atoms with van der Waals surface area (Å²) in [5.74, 6) is -0.368. The number of nitrogens with one attached hydrogen (secondary N) is 1. The molecular formula is C12H16ClF2N. The molecule has 1 rings (SSSR count). The molecule has 0 atom stereocenters. The quantitative estimate of drug-likeness (QED) is 0.575. The van der Waals surface area contributed by atoms with Crippen LogP contribution in [0.2, 0.25) is 0 Å². The minimum absolute atomic E-state index is 0.496. The van der Waals surface area contributed by atoms with Crippen molar-refractivity contribution in [1.29, 1.82) is 0 Å². The van der Waals surface area contributed by atoms with Crippen molar-refractivity contribution in [2.45, 2.75) is 25.8 Å². The van der Waals surface area contributed by atoms with Gasteiger partial charge < -0.3 is 5.32 Å². The van der Waals surface area contributed by atoms with Gasteiger partial charge in [-0.15, -0.1) is 11.6 Å². The Morgan fingerprint density at radius 3 is 2.31 bits per heavy atom. The Morgan fingerprint density at radius 1 is 1.00 bits per heavy atom. The SMILES string of the molecule is Fc1cc(F)cc(CNCCCCCCl)c1. The highest BCUT2D eigenvalue weighted by Gasteiger charge is 1.99. The third-order valence-electron chi connectivity index (χ3n) is 2.24. The average Bonchev–Trinajstić information content (AvgIpc) is 2.22. The molecule has 0 fully saturated rings. The van der Waals surface area contributed by atoms with Crippen LogP contribution in [0.5, 0.6) is 0 Å². The van der Waals surface area contributed by atoms with E-state index in [-0.39, 0.29) is 0 Å². The van der Waals surface area contributed by atoms with E-state index in [4.69, 9.17) is 11.6 Å². The number of hydrogen-bond donors (Lipinski definition) is 1. The summed E-state index contributed by atoms with van der Waals surface area (Å²) in [6.07, 6.45) is 3.12. The molecule has 0 saturated heterocycles. The van der Waals surface area contributed by atoms with Gasteiger partial charge in [-0.3, -0.25) is 0 Å². The standard InChI is InChI=1S/C12H16ClF2N/c13-4-2-1-3-5-16-9-10-6-11(14)8-12(15)7-10/h6-8,16H,1-5,9H2. The summed E-state index contributed by atoms with van der Waals surface area (Å²) in [5, 5.41) is 3.14. The summed E-state index contributed by atoms with van der Waals surface area (Å²) in [4.78, 5) is 0. The number of hydrogen-bond acceptors (Lipinski definition) is 1. The molecule has 90 valence electrons. The zero-order chi connectivity index (χ0) is 11.8. The number of alkyl halides is 1. The minimum atomic E-state index is -0.529. The molecule has 0 aliphatic heterocycles. The van der Waals surface area contributed by atoms with E-state index in [0.29, 0.717) is 18.0 Å². The molecule has 0 unspecified atom stereocenters. The minimum Gasteiger partial charge on any atom is -0.313 e. The Bertz CT molecular complexity index is 298. The molecule has 0 bridgehead atoms. The van der Waals surface area contributed by atoms with Crippen molar-refractivity contribution in [1.82, 2.24) is 5.32 Å². The lowest BCUT2D eigenvalue weighted by molar-refractivity contribution is 0.571. The molecule has 1 N–H and O–H groups in total. The first-order chi connectivity index (χ1) is 7.72. The van der Waals surface area contributed by atoms with Crippen LogP contribution in [0.15, 0.2) is 18.2 Å². The molecule has 0 heterocycles. The molecule has 0 aromatic heterocycles. The average molecular weight is 248 g/mol. The fourth-order valence-electron chi connectivity index (χ4n) is 1.47. The molecule has 0 radical (unpaired) electrons. The van der Waals surface area contributed by atoms with E-state index >= 15 is 0 Å². The smallest absolute Gasteiger partial charge is 0.126 e. The van der Waals surface area contributed by atoms with E-state index in [2.05, 4.69) is 5.32 Å². The van der Waals surface area contributed by atoms with Crippen molar-refractivity contribution in [2.75, 3.05) is 12.4 Å². The number of halogens is 3. The highest BCUT2D eigenvalue weighted by atomic mass is 35.5. The van der Waals surface area contributed by atoms with Crippen LogP contribution < -0.4 is 5.32 Å². The lowest BCUT2D eigenvalue weighted by atomic mass is 10.2. The fraction of sp³-hybridized carbons (Fsp3) is 0.500. The van der Waals surface area contributed by atoms with Crippen LogP contribution in [0.3, 0.4) is 0 Å². The van der Waals surface area contributed by atoms with Crippen LogP contribution in [0.1, 0.15) is 24.8 Å². The zero-order valence-corrected chi connectivity index (χ0v) is 9.86. The van der Waals surface area contributed by atoms with Crippen LogP contribution in [0, 0.1) is 11.6 Å². The molecule has 1 aromatic rings. The Hall–Kier alpha value is -0.670. The van der Waals surface area contributed by atoms with Crippen molar-refractivity contribution in [3.8, 4) is 0 Å². The third kappa shape index (κ3) is 5.42. The van der Waals surface area contributed by atoms with Gasteiger partial charge in [0.15, 0.2) is 0 Å². The van der Waals surface area contributed by atoms with Gasteiger partial charge in [0.1, 0.15) is 11.6 Å². The normalized spacial score (nSPS) is 10.7. The summed E-state index contributed by atoms with van der Waals surface area (Å²) in [6.45, 7) is 1.34. The molecule has 0 amide bonds. The van der Waals surface area contributed by atoms with Gasteiger partial charge in [0.2, 0.25) is 0 Å². The molecule has 1 aromatic carbocycles. The van der Waals surface area contributed by atoms with Gasteiger partial charge in [-0.05, 0) is 37.1 Å². The van der Waals surface area contributed by atoms with Gasteiger partial charge in [0.25, 0.3) is 0 Å². The molecule has 4 heteroatoms. The van der Waals surface area contributed by atoms with Gasteiger partial charge >= 0.3 is 0 Å². The van der Waals surface area contributed by atoms with Crippen LogP contribution in [-0.2, 0) is 6.54 Å². The van der Waals surface area contributed by atoms with E-state index in [0.717, 1.165) is 31.9 Å². The molecule has 0 aliphatic carbocycles. The van der Waals surface area contributed by atoms with Crippen molar-refractivity contribution in [3.63, 3.8) is 0 Å². The second-order valence-electron chi connectivity index (χ2n) is 3.70. The van der Waals surface area contributed by atoms with Crippen LogP contribution in [-0.4, -0.2) is 12.4 Å². The second-order valence-corrected chi connectivity index (χ2v) is 4.08. The number of benzene rings is 1. The third-order valence-corrected chi connectivity index (χ3v) is 2.51. The molecule has 0 spiro atoms. The maximum atomic E-state index is 12.8. The first kappa shape index (κ1) is 13.4. The van der Waals surface area contributed by atoms with Crippen molar-refractivity contribution in [3.05, 3.63) is 35.4 Å². The Morgan fingerprint density at radius 2 is 1.69 bits per heavy atom. The van der Waals surface area contributed by atoms with E-state index in [1.54, 1.807) is 0 Å². The van der Waals surface area contributed by atoms with Gasteiger partial charge in [-0.25, -0.2) is 8.78 Å². The van der Waals surface area contributed by atoms with Crippen molar-refractivity contribution < 1.29 is 8.78 Å². The molecule has 0 aliphatic rings. The second kappa shape index (κ2) is 7.58. The zero-order valence-electron chi connectivity index (χ0n) is 9.11. The number of unbranched alkanes of at least 4 members (excludes halogenated alkanes) is 2. The maximum Gasteiger partial charge on any atom is 0.126 e. The molecule has 0 saturated carbocycles. The largest absolute Gasteiger partial charge is 0.313 e. The van der Waals surface area contributed by atoms with Crippen LogP contribution in [0.25, 0.3) is 0 Å². The summed E-state index contributed by atoms with van der Waals surface area (Å²) in [5.41, 5.74) is 0.634. The lowest BCUT2D eigenvalue weighted by Gasteiger charge is -2.05. The van der Waals surface area contributed by atoms with Gasteiger partial charge in [0.05, 0.1) is 0 Å². The Kier molecular flexibility index (Phi) is 6.34. The first-order valence-corrected chi connectivity index (χ1v) is 5.97. The fourth-order valence-corrected chi connectivity index (χ4v) is 1.66. The molecule has 16 heavy (non-hydrogen) atoms. The lowest BCUT2D eigenvalue weighted by Crippen LogP contribution is -2.14. The number of rotatable bonds is 7. The first-order valence-electron chi connectivity index (χ1n) is 5.44.